The van der Waals surface area contributed by atoms with Crippen molar-refractivity contribution in [1.82, 2.24) is 14.8 Å². The van der Waals surface area contributed by atoms with Crippen LogP contribution in [-0.4, -0.2) is 14.8 Å². The molecule has 0 fully saturated rings. The Labute approximate surface area is 94.9 Å². The summed E-state index contributed by atoms with van der Waals surface area (Å²) in [7, 11) is 1.59. The van der Waals surface area contributed by atoms with Crippen molar-refractivity contribution in [3.05, 3.63) is 30.1 Å². The molecule has 2 heterocycles. The van der Waals surface area contributed by atoms with E-state index < -0.39 is 11.9 Å². The summed E-state index contributed by atoms with van der Waals surface area (Å²) in [6, 6.07) is 3.66. The highest BCUT2D eigenvalue weighted by atomic mass is 19.4. The normalized spacial score (nSPS) is 11.8. The SMILES string of the molecule is Cn1ncc(N)c1-c1cccc(C(F)(F)F)n1. The van der Waals surface area contributed by atoms with Crippen LogP contribution < -0.4 is 5.73 Å². The molecule has 0 aromatic carbocycles. The van der Waals surface area contributed by atoms with Gasteiger partial charge in [0.1, 0.15) is 11.4 Å². The third-order valence-corrected chi connectivity index (χ3v) is 2.25. The summed E-state index contributed by atoms with van der Waals surface area (Å²) in [5, 5.41) is 3.85. The van der Waals surface area contributed by atoms with Crippen molar-refractivity contribution in [2.75, 3.05) is 5.73 Å². The molecule has 2 aromatic heterocycles. The number of aryl methyl sites for hydroxylation is 1. The van der Waals surface area contributed by atoms with Crippen molar-refractivity contribution in [3.8, 4) is 11.4 Å². The van der Waals surface area contributed by atoms with Crippen LogP contribution in [0.25, 0.3) is 11.4 Å². The fourth-order valence-electron chi connectivity index (χ4n) is 1.49. The second kappa shape index (κ2) is 3.76. The second-order valence-corrected chi connectivity index (χ2v) is 3.48. The molecule has 17 heavy (non-hydrogen) atoms. The van der Waals surface area contributed by atoms with Gasteiger partial charge in [0.15, 0.2) is 0 Å². The Morgan fingerprint density at radius 2 is 2.00 bits per heavy atom. The zero-order valence-corrected chi connectivity index (χ0v) is 8.86. The lowest BCUT2D eigenvalue weighted by atomic mass is 10.2. The molecule has 2 aromatic rings. The monoisotopic (exact) mass is 242 g/mol. The molecule has 4 nitrogen and oxygen atoms in total. The second-order valence-electron chi connectivity index (χ2n) is 3.48. The van der Waals surface area contributed by atoms with E-state index in [-0.39, 0.29) is 5.69 Å². The fraction of sp³-hybridized carbons (Fsp3) is 0.200. The minimum atomic E-state index is -4.47. The van der Waals surface area contributed by atoms with Gasteiger partial charge in [-0.2, -0.15) is 18.3 Å². The third kappa shape index (κ3) is 2.08. The number of nitrogen functional groups attached to an aromatic ring is 1. The number of hydrogen-bond acceptors (Lipinski definition) is 3. The van der Waals surface area contributed by atoms with Crippen LogP contribution in [-0.2, 0) is 13.2 Å². The van der Waals surface area contributed by atoms with Gasteiger partial charge in [-0.3, -0.25) is 4.68 Å². The Morgan fingerprint density at radius 3 is 2.53 bits per heavy atom. The van der Waals surface area contributed by atoms with Crippen molar-refractivity contribution in [1.29, 1.82) is 0 Å². The lowest BCUT2D eigenvalue weighted by Gasteiger charge is -2.08. The van der Waals surface area contributed by atoms with Crippen molar-refractivity contribution in [2.24, 2.45) is 7.05 Å². The zero-order chi connectivity index (χ0) is 12.6. The molecule has 0 unspecified atom stereocenters. The summed E-state index contributed by atoms with van der Waals surface area (Å²) < 4.78 is 38.9. The lowest BCUT2D eigenvalue weighted by molar-refractivity contribution is -0.141. The molecule has 0 atom stereocenters. The third-order valence-electron chi connectivity index (χ3n) is 2.25. The molecular weight excluding hydrogens is 233 g/mol. The Bertz CT molecular complexity index is 525. The predicted molar refractivity (Wildman–Crippen MR) is 55.9 cm³/mol. The van der Waals surface area contributed by atoms with Gasteiger partial charge in [-0.15, -0.1) is 0 Å². The van der Waals surface area contributed by atoms with Crippen molar-refractivity contribution in [3.63, 3.8) is 0 Å². The van der Waals surface area contributed by atoms with E-state index in [0.717, 1.165) is 6.07 Å². The van der Waals surface area contributed by atoms with E-state index in [0.29, 0.717) is 11.4 Å². The Kier molecular flexibility index (Phi) is 2.53. The van der Waals surface area contributed by atoms with Crippen LogP contribution in [0.3, 0.4) is 0 Å². The van der Waals surface area contributed by atoms with E-state index in [1.807, 2.05) is 0 Å². The number of halogens is 3. The van der Waals surface area contributed by atoms with Crippen LogP contribution >= 0.6 is 0 Å². The zero-order valence-electron chi connectivity index (χ0n) is 8.86. The maximum absolute atomic E-state index is 12.5. The van der Waals surface area contributed by atoms with Crippen molar-refractivity contribution in [2.45, 2.75) is 6.18 Å². The Morgan fingerprint density at radius 1 is 1.29 bits per heavy atom. The number of hydrogen-bond donors (Lipinski definition) is 1. The highest BCUT2D eigenvalue weighted by Gasteiger charge is 2.32. The summed E-state index contributed by atoms with van der Waals surface area (Å²) in [4.78, 5) is 3.54. The number of anilines is 1. The summed E-state index contributed by atoms with van der Waals surface area (Å²) in [5.74, 6) is 0. The maximum Gasteiger partial charge on any atom is 0.433 e. The molecule has 0 aliphatic heterocycles. The predicted octanol–water partition coefficient (Wildman–Crippen LogP) is 2.08. The first-order chi connectivity index (χ1) is 7.89. The molecule has 2 rings (SSSR count). The number of pyridine rings is 1. The number of rotatable bonds is 1. The van der Waals surface area contributed by atoms with Crippen LogP contribution in [0, 0.1) is 0 Å². The lowest BCUT2D eigenvalue weighted by Crippen LogP contribution is -2.09. The molecule has 0 bridgehead atoms. The van der Waals surface area contributed by atoms with E-state index in [2.05, 4.69) is 10.1 Å². The minimum Gasteiger partial charge on any atom is -0.396 e. The molecule has 0 aliphatic carbocycles. The van der Waals surface area contributed by atoms with Gasteiger partial charge < -0.3 is 5.73 Å². The molecule has 0 spiro atoms. The number of alkyl halides is 3. The van der Waals surface area contributed by atoms with Gasteiger partial charge in [-0.25, -0.2) is 4.98 Å². The smallest absolute Gasteiger partial charge is 0.396 e. The van der Waals surface area contributed by atoms with Crippen molar-refractivity contribution < 1.29 is 13.2 Å². The van der Waals surface area contributed by atoms with Crippen LogP contribution in [0.1, 0.15) is 5.69 Å². The van der Waals surface area contributed by atoms with E-state index in [9.17, 15) is 13.2 Å². The van der Waals surface area contributed by atoms with E-state index in [1.165, 1.54) is 23.0 Å². The molecular formula is C10H9F3N4. The molecule has 0 saturated heterocycles. The molecule has 0 saturated carbocycles. The fourth-order valence-corrected chi connectivity index (χ4v) is 1.49. The topological polar surface area (TPSA) is 56.7 Å². The van der Waals surface area contributed by atoms with Crippen LogP contribution in [0.15, 0.2) is 24.4 Å². The van der Waals surface area contributed by atoms with Gasteiger partial charge in [0.05, 0.1) is 17.6 Å². The van der Waals surface area contributed by atoms with Crippen LogP contribution in [0.5, 0.6) is 0 Å². The average molecular weight is 242 g/mol. The molecule has 0 aliphatic rings. The van der Waals surface area contributed by atoms with E-state index >= 15 is 0 Å². The van der Waals surface area contributed by atoms with E-state index in [1.54, 1.807) is 7.05 Å². The van der Waals surface area contributed by atoms with Crippen LogP contribution in [0.4, 0.5) is 18.9 Å². The average Bonchev–Trinajstić information content (AvgIpc) is 2.57. The largest absolute Gasteiger partial charge is 0.433 e. The molecule has 0 amide bonds. The minimum absolute atomic E-state index is 0.150. The maximum atomic E-state index is 12.5. The van der Waals surface area contributed by atoms with Crippen LogP contribution in [0.2, 0.25) is 0 Å². The molecule has 2 N–H and O–H groups in total. The van der Waals surface area contributed by atoms with Gasteiger partial charge in [-0.05, 0) is 12.1 Å². The quantitative estimate of drug-likeness (QED) is 0.832. The number of nitrogens with two attached hydrogens (primary N) is 1. The van der Waals surface area contributed by atoms with Gasteiger partial charge in [0.25, 0.3) is 0 Å². The number of nitrogens with zero attached hydrogens (tertiary/aromatic N) is 3. The van der Waals surface area contributed by atoms with E-state index in [4.69, 9.17) is 5.73 Å². The number of aromatic nitrogens is 3. The summed E-state index contributed by atoms with van der Waals surface area (Å²) in [5.41, 5.74) is 5.49. The summed E-state index contributed by atoms with van der Waals surface area (Å²) in [6.45, 7) is 0. The Balaban J connectivity index is 2.55. The summed E-state index contributed by atoms with van der Waals surface area (Å²) >= 11 is 0. The first-order valence-electron chi connectivity index (χ1n) is 4.71. The van der Waals surface area contributed by atoms with Gasteiger partial charge in [0.2, 0.25) is 0 Å². The first kappa shape index (κ1) is 11.4. The van der Waals surface area contributed by atoms with Gasteiger partial charge in [-0.1, -0.05) is 6.07 Å². The van der Waals surface area contributed by atoms with Gasteiger partial charge in [0, 0.05) is 7.05 Å². The first-order valence-corrected chi connectivity index (χ1v) is 4.71. The molecule has 7 heteroatoms. The molecule has 90 valence electrons. The molecule has 0 radical (unpaired) electrons. The van der Waals surface area contributed by atoms with Crippen molar-refractivity contribution >= 4 is 5.69 Å². The van der Waals surface area contributed by atoms with Gasteiger partial charge >= 0.3 is 6.18 Å². The highest BCUT2D eigenvalue weighted by molar-refractivity contribution is 5.69. The highest BCUT2D eigenvalue weighted by Crippen LogP contribution is 2.30. The standard InChI is InChI=1S/C10H9F3N4/c1-17-9(6(14)5-15-17)7-3-2-4-8(16-7)10(11,12)13/h2-5H,14H2,1H3. The Hall–Kier alpha value is -2.05. The summed E-state index contributed by atoms with van der Waals surface area (Å²) in [6.07, 6.45) is -3.10.